The zero-order chi connectivity index (χ0) is 33.3. The van der Waals surface area contributed by atoms with Crippen LogP contribution in [-0.4, -0.2) is 0 Å². The minimum absolute atomic E-state index is 1.21. The van der Waals surface area contributed by atoms with Gasteiger partial charge < -0.3 is 0 Å². The maximum absolute atomic E-state index is 2.41. The van der Waals surface area contributed by atoms with Crippen molar-refractivity contribution in [3.8, 4) is 66.8 Å². The van der Waals surface area contributed by atoms with Crippen LogP contribution in [0, 0.1) is 0 Å². The van der Waals surface area contributed by atoms with E-state index in [1.807, 2.05) is 0 Å². The molecule has 0 nitrogen and oxygen atoms in total. The van der Waals surface area contributed by atoms with E-state index in [0.29, 0.717) is 0 Å². The Morgan fingerprint density at radius 2 is 0.480 bits per heavy atom. The minimum Gasteiger partial charge on any atom is -0.0622 e. The van der Waals surface area contributed by atoms with Crippen LogP contribution in [0.2, 0.25) is 0 Å². The molecule has 0 fully saturated rings. The van der Waals surface area contributed by atoms with Gasteiger partial charge in [0.2, 0.25) is 0 Å². The van der Waals surface area contributed by atoms with Crippen molar-refractivity contribution in [1.29, 1.82) is 0 Å². The first-order valence-corrected chi connectivity index (χ1v) is 17.3. The van der Waals surface area contributed by atoms with Crippen molar-refractivity contribution in [2.75, 3.05) is 0 Å². The van der Waals surface area contributed by atoms with Gasteiger partial charge in [-0.05, 0) is 107 Å². The molecule has 0 N–H and O–H groups in total. The maximum Gasteiger partial charge on any atom is -0.00261 e. The molecular weight excluding hydrogens is 601 g/mol. The van der Waals surface area contributed by atoms with Gasteiger partial charge in [-0.25, -0.2) is 0 Å². The van der Waals surface area contributed by atoms with Crippen LogP contribution in [0.4, 0.5) is 0 Å². The van der Waals surface area contributed by atoms with Crippen LogP contribution in [0.25, 0.3) is 88.3 Å². The third-order valence-electron chi connectivity index (χ3n) is 9.87. The summed E-state index contributed by atoms with van der Waals surface area (Å²) in [7, 11) is 0. The molecule has 50 heavy (non-hydrogen) atoms. The van der Waals surface area contributed by atoms with E-state index in [-0.39, 0.29) is 0 Å². The van der Waals surface area contributed by atoms with E-state index < -0.39 is 0 Å². The second kappa shape index (κ2) is 12.8. The highest BCUT2D eigenvalue weighted by Gasteiger charge is 2.18. The van der Waals surface area contributed by atoms with Crippen LogP contribution in [-0.2, 0) is 0 Å². The van der Waals surface area contributed by atoms with Gasteiger partial charge in [0.15, 0.2) is 0 Å². The first kappa shape index (κ1) is 29.6. The van der Waals surface area contributed by atoms with Gasteiger partial charge in [0, 0.05) is 0 Å². The molecule has 0 atom stereocenters. The summed E-state index contributed by atoms with van der Waals surface area (Å²) < 4.78 is 0. The predicted octanol–water partition coefficient (Wildman–Crippen LogP) is 14.0. The summed E-state index contributed by atoms with van der Waals surface area (Å²) in [5, 5.41) is 5.01. The molecule has 0 saturated heterocycles. The molecule has 0 saturated carbocycles. The Kier molecular flexibility index (Phi) is 7.61. The molecule has 0 radical (unpaired) electrons. The Labute approximate surface area is 293 Å². The average Bonchev–Trinajstić information content (AvgIpc) is 3.21. The summed E-state index contributed by atoms with van der Waals surface area (Å²) in [6.45, 7) is 0. The molecule has 0 spiro atoms. The molecule has 0 bridgehead atoms. The van der Waals surface area contributed by atoms with Crippen molar-refractivity contribution in [3.05, 3.63) is 206 Å². The molecule has 234 valence electrons. The van der Waals surface area contributed by atoms with Gasteiger partial charge in [0.1, 0.15) is 0 Å². The summed E-state index contributed by atoms with van der Waals surface area (Å²) in [4.78, 5) is 0. The van der Waals surface area contributed by atoms with Gasteiger partial charge in [-0.2, -0.15) is 0 Å². The van der Waals surface area contributed by atoms with Crippen molar-refractivity contribution < 1.29 is 0 Å². The van der Waals surface area contributed by atoms with Gasteiger partial charge in [0.25, 0.3) is 0 Å². The maximum atomic E-state index is 2.41. The summed E-state index contributed by atoms with van der Waals surface area (Å²) in [6.07, 6.45) is 0. The minimum atomic E-state index is 1.21. The van der Waals surface area contributed by atoms with E-state index in [1.165, 1.54) is 88.3 Å². The SMILES string of the molecule is c1ccc(-c2ccc(-c3c4ccccc4c(-c4cccc(-c5ccccc5)c4)c4ccc(-c5cccc(-c6ccccc6)c5)cc34)cc2)cc1. The van der Waals surface area contributed by atoms with Crippen molar-refractivity contribution in [3.63, 3.8) is 0 Å². The van der Waals surface area contributed by atoms with E-state index in [4.69, 9.17) is 0 Å². The lowest BCUT2D eigenvalue weighted by atomic mass is 9.84. The smallest absolute Gasteiger partial charge is 0.00261 e. The lowest BCUT2D eigenvalue weighted by Gasteiger charge is -2.19. The number of hydrogen-bond donors (Lipinski definition) is 0. The molecule has 0 heterocycles. The van der Waals surface area contributed by atoms with Gasteiger partial charge in [0.05, 0.1) is 0 Å². The molecule has 0 aromatic heterocycles. The van der Waals surface area contributed by atoms with Crippen molar-refractivity contribution >= 4 is 21.5 Å². The zero-order valence-corrected chi connectivity index (χ0v) is 27.6. The van der Waals surface area contributed by atoms with E-state index in [1.54, 1.807) is 0 Å². The Morgan fingerprint density at radius 3 is 1.04 bits per heavy atom. The van der Waals surface area contributed by atoms with Gasteiger partial charge in [-0.1, -0.05) is 188 Å². The first-order chi connectivity index (χ1) is 24.8. The molecule has 0 aliphatic rings. The molecular formula is C50H34. The topological polar surface area (TPSA) is 0 Å². The van der Waals surface area contributed by atoms with E-state index in [0.717, 1.165) is 0 Å². The number of hydrogen-bond acceptors (Lipinski definition) is 0. The standard InChI is InChI=1S/C50H34/c1-4-14-35(15-5-1)38-26-28-39(29-27-38)49-45-24-10-11-25-46(45)50(44-23-13-21-41(33-44)37-18-8-3-9-19-37)47-31-30-43(34-48(47)49)42-22-12-20-40(32-42)36-16-6-2-7-17-36/h1-34H. The second-order valence-electron chi connectivity index (χ2n) is 12.9. The van der Waals surface area contributed by atoms with E-state index in [2.05, 4.69) is 206 Å². The van der Waals surface area contributed by atoms with Crippen LogP contribution >= 0.6 is 0 Å². The quantitative estimate of drug-likeness (QED) is 0.160. The molecule has 9 aromatic carbocycles. The van der Waals surface area contributed by atoms with Gasteiger partial charge in [-0.15, -0.1) is 0 Å². The Hall–Kier alpha value is -6.50. The second-order valence-corrected chi connectivity index (χ2v) is 12.9. The molecule has 0 heteroatoms. The number of benzene rings is 9. The van der Waals surface area contributed by atoms with Crippen LogP contribution in [0.1, 0.15) is 0 Å². The predicted molar refractivity (Wildman–Crippen MR) is 214 cm³/mol. The van der Waals surface area contributed by atoms with Crippen LogP contribution in [0.3, 0.4) is 0 Å². The highest BCUT2D eigenvalue weighted by Crippen LogP contribution is 2.45. The summed E-state index contributed by atoms with van der Waals surface area (Å²) in [5.74, 6) is 0. The Morgan fingerprint density at radius 1 is 0.160 bits per heavy atom. The van der Waals surface area contributed by atoms with Gasteiger partial charge >= 0.3 is 0 Å². The molecule has 0 unspecified atom stereocenters. The summed E-state index contributed by atoms with van der Waals surface area (Å²) in [6, 6.07) is 75.0. The molecule has 0 amide bonds. The van der Waals surface area contributed by atoms with Crippen LogP contribution in [0.5, 0.6) is 0 Å². The average molecular weight is 635 g/mol. The van der Waals surface area contributed by atoms with Crippen molar-refractivity contribution in [2.45, 2.75) is 0 Å². The van der Waals surface area contributed by atoms with Crippen molar-refractivity contribution in [2.24, 2.45) is 0 Å². The zero-order valence-electron chi connectivity index (χ0n) is 27.6. The highest BCUT2D eigenvalue weighted by atomic mass is 14.2. The van der Waals surface area contributed by atoms with E-state index >= 15 is 0 Å². The highest BCUT2D eigenvalue weighted by molar-refractivity contribution is 6.22. The van der Waals surface area contributed by atoms with Gasteiger partial charge in [-0.3, -0.25) is 0 Å². The summed E-state index contributed by atoms with van der Waals surface area (Å²) >= 11 is 0. The summed E-state index contributed by atoms with van der Waals surface area (Å²) in [5.41, 5.74) is 14.7. The number of rotatable bonds is 6. The monoisotopic (exact) mass is 634 g/mol. The largest absolute Gasteiger partial charge is 0.0622 e. The first-order valence-electron chi connectivity index (χ1n) is 17.3. The normalized spacial score (nSPS) is 11.2. The molecule has 0 aliphatic heterocycles. The van der Waals surface area contributed by atoms with E-state index in [9.17, 15) is 0 Å². The Bertz CT molecular complexity index is 2600. The third-order valence-corrected chi connectivity index (χ3v) is 9.87. The number of fused-ring (bicyclic) bond motifs is 2. The molecule has 9 aromatic rings. The lowest BCUT2D eigenvalue weighted by molar-refractivity contribution is 1.59. The molecule has 9 rings (SSSR count). The lowest BCUT2D eigenvalue weighted by Crippen LogP contribution is -1.92. The fraction of sp³-hybridized carbons (Fsp3) is 0. The van der Waals surface area contributed by atoms with Crippen molar-refractivity contribution in [1.82, 2.24) is 0 Å². The van der Waals surface area contributed by atoms with Crippen LogP contribution in [0.15, 0.2) is 206 Å². The fourth-order valence-electron chi connectivity index (χ4n) is 7.43. The Balaban J connectivity index is 1.30. The fourth-order valence-corrected chi connectivity index (χ4v) is 7.43. The van der Waals surface area contributed by atoms with Crippen LogP contribution < -0.4 is 0 Å². The third kappa shape index (κ3) is 5.48. The molecule has 0 aliphatic carbocycles.